The van der Waals surface area contributed by atoms with E-state index in [9.17, 15) is 0 Å². The Kier molecular flexibility index (Phi) is 4.32. The van der Waals surface area contributed by atoms with E-state index < -0.39 is 0 Å². The summed E-state index contributed by atoms with van der Waals surface area (Å²) in [5, 5.41) is 10.2. The lowest BCUT2D eigenvalue weighted by Crippen LogP contribution is -2.21. The van der Waals surface area contributed by atoms with Crippen LogP contribution in [0.15, 0.2) is 29.1 Å². The van der Waals surface area contributed by atoms with Crippen molar-refractivity contribution < 1.29 is 4.42 Å². The van der Waals surface area contributed by atoms with Crippen molar-refractivity contribution in [2.75, 3.05) is 6.54 Å². The maximum Gasteiger partial charge on any atom is 0.137 e. The first kappa shape index (κ1) is 11.9. The Hall–Kier alpha value is -1.62. The summed E-state index contributed by atoms with van der Waals surface area (Å²) in [6.07, 6.45) is 6.23. The molecule has 1 unspecified atom stereocenters. The number of hydrogen-bond donors (Lipinski definition) is 2. The van der Waals surface area contributed by atoms with E-state index >= 15 is 0 Å². The quantitative estimate of drug-likeness (QED) is 0.720. The second-order valence-corrected chi connectivity index (χ2v) is 3.97. The van der Waals surface area contributed by atoms with Crippen LogP contribution in [-0.4, -0.2) is 21.7 Å². The van der Waals surface area contributed by atoms with Crippen LogP contribution in [-0.2, 0) is 6.42 Å². The van der Waals surface area contributed by atoms with Crippen LogP contribution < -0.4 is 5.32 Å². The predicted molar refractivity (Wildman–Crippen MR) is 64.4 cm³/mol. The van der Waals surface area contributed by atoms with Gasteiger partial charge in [0.1, 0.15) is 17.9 Å². The van der Waals surface area contributed by atoms with E-state index in [1.807, 2.05) is 12.1 Å². The molecular formula is C12H18N4O. The van der Waals surface area contributed by atoms with Gasteiger partial charge in [0.25, 0.3) is 0 Å². The van der Waals surface area contributed by atoms with Gasteiger partial charge in [-0.25, -0.2) is 4.98 Å². The Bertz CT molecular complexity index is 396. The summed E-state index contributed by atoms with van der Waals surface area (Å²) >= 11 is 0. The second-order valence-electron chi connectivity index (χ2n) is 3.97. The van der Waals surface area contributed by atoms with E-state index in [0.29, 0.717) is 6.04 Å². The van der Waals surface area contributed by atoms with E-state index in [2.05, 4.69) is 27.4 Å². The number of H-pyrrole nitrogens is 1. The molecule has 17 heavy (non-hydrogen) atoms. The van der Waals surface area contributed by atoms with Crippen molar-refractivity contribution in [3.8, 4) is 0 Å². The predicted octanol–water partition coefficient (Wildman–Crippen LogP) is 2.07. The molecule has 5 nitrogen and oxygen atoms in total. The fraction of sp³-hybridized carbons (Fsp3) is 0.500. The van der Waals surface area contributed by atoms with Crippen LogP contribution in [0.1, 0.15) is 37.4 Å². The molecule has 1 atom stereocenters. The standard InChI is InChI=1S/C12H18N4O/c1-2-10(11-5-4-8-17-11)13-7-3-6-12-14-9-15-16-12/h4-5,8-10,13H,2-3,6-7H2,1H3,(H,14,15,16). The van der Waals surface area contributed by atoms with Crippen LogP contribution in [0.4, 0.5) is 0 Å². The minimum atomic E-state index is 0.305. The maximum atomic E-state index is 5.40. The Labute approximate surface area is 101 Å². The first-order valence-electron chi connectivity index (χ1n) is 6.01. The van der Waals surface area contributed by atoms with Crippen LogP contribution in [0.5, 0.6) is 0 Å². The number of aryl methyl sites for hydroxylation is 1. The lowest BCUT2D eigenvalue weighted by molar-refractivity contribution is 0.402. The minimum Gasteiger partial charge on any atom is -0.468 e. The van der Waals surface area contributed by atoms with Crippen LogP contribution in [0.25, 0.3) is 0 Å². The molecule has 2 aromatic rings. The fourth-order valence-corrected chi connectivity index (χ4v) is 1.82. The van der Waals surface area contributed by atoms with Gasteiger partial charge in [0.2, 0.25) is 0 Å². The smallest absolute Gasteiger partial charge is 0.137 e. The van der Waals surface area contributed by atoms with Crippen molar-refractivity contribution in [1.29, 1.82) is 0 Å². The second kappa shape index (κ2) is 6.20. The highest BCUT2D eigenvalue weighted by atomic mass is 16.3. The molecule has 2 rings (SSSR count). The number of nitrogens with one attached hydrogen (secondary N) is 2. The summed E-state index contributed by atoms with van der Waals surface area (Å²) < 4.78 is 5.40. The largest absolute Gasteiger partial charge is 0.468 e. The van der Waals surface area contributed by atoms with Gasteiger partial charge in [0.15, 0.2) is 0 Å². The van der Waals surface area contributed by atoms with Gasteiger partial charge >= 0.3 is 0 Å². The maximum absolute atomic E-state index is 5.40. The van der Waals surface area contributed by atoms with Crippen molar-refractivity contribution in [3.05, 3.63) is 36.3 Å². The van der Waals surface area contributed by atoms with Gasteiger partial charge in [-0.3, -0.25) is 5.10 Å². The normalized spacial score (nSPS) is 12.8. The molecule has 0 aromatic carbocycles. The molecule has 0 amide bonds. The summed E-state index contributed by atoms with van der Waals surface area (Å²) in [6, 6.07) is 4.24. The van der Waals surface area contributed by atoms with Gasteiger partial charge in [-0.15, -0.1) is 0 Å². The zero-order valence-corrected chi connectivity index (χ0v) is 10.0. The summed E-state index contributed by atoms with van der Waals surface area (Å²) in [5.74, 6) is 1.95. The number of aromatic amines is 1. The van der Waals surface area contributed by atoms with Gasteiger partial charge in [0.05, 0.1) is 12.3 Å². The average Bonchev–Trinajstić information content (AvgIpc) is 3.01. The van der Waals surface area contributed by atoms with Crippen molar-refractivity contribution in [3.63, 3.8) is 0 Å². The van der Waals surface area contributed by atoms with E-state index in [0.717, 1.165) is 37.4 Å². The zero-order chi connectivity index (χ0) is 11.9. The summed E-state index contributed by atoms with van der Waals surface area (Å²) in [5.41, 5.74) is 0. The molecular weight excluding hydrogens is 216 g/mol. The molecule has 0 spiro atoms. The molecule has 0 saturated heterocycles. The average molecular weight is 234 g/mol. The molecule has 2 aromatic heterocycles. The summed E-state index contributed by atoms with van der Waals surface area (Å²) in [4.78, 5) is 4.09. The number of rotatable bonds is 7. The molecule has 0 radical (unpaired) electrons. The first-order valence-corrected chi connectivity index (χ1v) is 6.01. The van der Waals surface area contributed by atoms with E-state index in [1.165, 1.54) is 0 Å². The van der Waals surface area contributed by atoms with Crippen molar-refractivity contribution in [2.45, 2.75) is 32.2 Å². The summed E-state index contributed by atoms with van der Waals surface area (Å²) in [7, 11) is 0. The lowest BCUT2D eigenvalue weighted by atomic mass is 10.1. The molecule has 0 aliphatic rings. The Balaban J connectivity index is 1.70. The molecule has 0 aliphatic carbocycles. The van der Waals surface area contributed by atoms with Gasteiger partial charge < -0.3 is 9.73 Å². The van der Waals surface area contributed by atoms with Crippen molar-refractivity contribution in [2.24, 2.45) is 0 Å². The Morgan fingerprint density at radius 3 is 3.12 bits per heavy atom. The van der Waals surface area contributed by atoms with Gasteiger partial charge in [-0.05, 0) is 31.5 Å². The van der Waals surface area contributed by atoms with E-state index in [-0.39, 0.29) is 0 Å². The van der Waals surface area contributed by atoms with Crippen LogP contribution in [0, 0.1) is 0 Å². The van der Waals surface area contributed by atoms with E-state index in [4.69, 9.17) is 4.42 Å². The number of furan rings is 1. The number of aromatic nitrogens is 3. The SMILES string of the molecule is CCC(NCCCc1ncn[nH]1)c1ccco1. The number of nitrogens with zero attached hydrogens (tertiary/aromatic N) is 2. The van der Waals surface area contributed by atoms with Crippen molar-refractivity contribution >= 4 is 0 Å². The highest BCUT2D eigenvalue weighted by molar-refractivity contribution is 5.03. The third-order valence-electron chi connectivity index (χ3n) is 2.74. The molecule has 2 N–H and O–H groups in total. The molecule has 0 saturated carbocycles. The van der Waals surface area contributed by atoms with Crippen molar-refractivity contribution in [1.82, 2.24) is 20.5 Å². The van der Waals surface area contributed by atoms with E-state index in [1.54, 1.807) is 12.6 Å². The minimum absolute atomic E-state index is 0.305. The number of hydrogen-bond acceptors (Lipinski definition) is 4. The van der Waals surface area contributed by atoms with Gasteiger partial charge in [-0.2, -0.15) is 5.10 Å². The Morgan fingerprint density at radius 1 is 1.53 bits per heavy atom. The molecule has 92 valence electrons. The highest BCUT2D eigenvalue weighted by Gasteiger charge is 2.10. The molecule has 0 bridgehead atoms. The Morgan fingerprint density at radius 2 is 2.47 bits per heavy atom. The van der Waals surface area contributed by atoms with Crippen LogP contribution in [0.2, 0.25) is 0 Å². The zero-order valence-electron chi connectivity index (χ0n) is 10.0. The van der Waals surface area contributed by atoms with Gasteiger partial charge in [0, 0.05) is 6.42 Å². The van der Waals surface area contributed by atoms with Crippen LogP contribution >= 0.6 is 0 Å². The lowest BCUT2D eigenvalue weighted by Gasteiger charge is -2.13. The monoisotopic (exact) mass is 234 g/mol. The highest BCUT2D eigenvalue weighted by Crippen LogP contribution is 2.16. The van der Waals surface area contributed by atoms with Crippen LogP contribution in [0.3, 0.4) is 0 Å². The first-order chi connectivity index (χ1) is 8.40. The van der Waals surface area contributed by atoms with Gasteiger partial charge in [-0.1, -0.05) is 6.92 Å². The molecule has 2 heterocycles. The third kappa shape index (κ3) is 3.42. The molecule has 0 aliphatic heterocycles. The third-order valence-corrected chi connectivity index (χ3v) is 2.74. The topological polar surface area (TPSA) is 66.7 Å². The summed E-state index contributed by atoms with van der Waals surface area (Å²) in [6.45, 7) is 3.09. The molecule has 0 fully saturated rings. The fourth-order valence-electron chi connectivity index (χ4n) is 1.82. The molecule has 5 heteroatoms.